The molecule has 0 atom stereocenters. The van der Waals surface area contributed by atoms with E-state index in [-0.39, 0.29) is 5.54 Å². The van der Waals surface area contributed by atoms with E-state index in [0.29, 0.717) is 0 Å². The molecule has 0 bridgehead atoms. The maximum Gasteiger partial charge on any atom is 0.0231 e. The van der Waals surface area contributed by atoms with Gasteiger partial charge in [-0.05, 0) is 33.4 Å². The first-order valence-corrected chi connectivity index (χ1v) is 5.40. The van der Waals surface area contributed by atoms with Crippen molar-refractivity contribution in [3.8, 4) is 0 Å². The number of nitrogens with two attached hydrogens (primary N) is 1. The Balaban J connectivity index is 2.51. The highest BCUT2D eigenvalue weighted by Crippen LogP contribution is 2.08. The van der Waals surface area contributed by atoms with Gasteiger partial charge in [0.25, 0.3) is 0 Å². The van der Waals surface area contributed by atoms with E-state index in [1.54, 1.807) is 0 Å². The number of nitrogens with zero attached hydrogens (tertiary/aromatic N) is 1. The van der Waals surface area contributed by atoms with Gasteiger partial charge in [0.1, 0.15) is 0 Å². The normalized spacial score (nSPS) is 12.1. The summed E-state index contributed by atoms with van der Waals surface area (Å²) in [5, 5.41) is 0. The summed E-state index contributed by atoms with van der Waals surface area (Å²) in [7, 11) is 2.11. The molecule has 0 aliphatic heterocycles. The first-order chi connectivity index (χ1) is 6.87. The first kappa shape index (κ1) is 12.2. The summed E-state index contributed by atoms with van der Waals surface area (Å²) >= 11 is 0. The molecule has 15 heavy (non-hydrogen) atoms. The Morgan fingerprint density at radius 1 is 1.20 bits per heavy atom. The lowest BCUT2D eigenvalue weighted by Gasteiger charge is -2.26. The number of aryl methyl sites for hydroxylation is 1. The molecule has 0 aliphatic rings. The number of benzene rings is 1. The van der Waals surface area contributed by atoms with Crippen molar-refractivity contribution in [3.63, 3.8) is 0 Å². The Bertz CT molecular complexity index is 295. The van der Waals surface area contributed by atoms with E-state index in [2.05, 4.69) is 57.0 Å². The fourth-order valence-electron chi connectivity index (χ4n) is 1.76. The molecule has 0 aromatic heterocycles. The first-order valence-electron chi connectivity index (χ1n) is 5.40. The second kappa shape index (κ2) is 4.77. The average molecular weight is 206 g/mol. The van der Waals surface area contributed by atoms with Crippen molar-refractivity contribution < 1.29 is 0 Å². The summed E-state index contributed by atoms with van der Waals surface area (Å²) in [6, 6.07) is 8.65. The minimum absolute atomic E-state index is 0.126. The number of rotatable bonds is 4. The molecule has 1 aromatic rings. The predicted octanol–water partition coefficient (Wildman–Crippen LogP) is 2.16. The number of hydrogen-bond acceptors (Lipinski definition) is 2. The van der Waals surface area contributed by atoms with Crippen LogP contribution in [0.4, 0.5) is 0 Å². The van der Waals surface area contributed by atoms with Crippen molar-refractivity contribution in [1.29, 1.82) is 0 Å². The fraction of sp³-hybridized carbons (Fsp3) is 0.538. The van der Waals surface area contributed by atoms with Gasteiger partial charge < -0.3 is 10.6 Å². The molecule has 0 radical (unpaired) electrons. The van der Waals surface area contributed by atoms with Crippen molar-refractivity contribution in [3.05, 3.63) is 35.4 Å². The van der Waals surface area contributed by atoms with E-state index in [0.717, 1.165) is 13.1 Å². The summed E-state index contributed by atoms with van der Waals surface area (Å²) in [5.41, 5.74) is 8.49. The molecular formula is C13H22N2. The maximum absolute atomic E-state index is 5.97. The Hall–Kier alpha value is -0.860. The van der Waals surface area contributed by atoms with E-state index in [1.807, 2.05) is 0 Å². The third-order valence-electron chi connectivity index (χ3n) is 2.25. The minimum Gasteiger partial charge on any atom is -0.324 e. The molecule has 0 aliphatic carbocycles. The summed E-state index contributed by atoms with van der Waals surface area (Å²) in [5.74, 6) is 0. The Morgan fingerprint density at radius 3 is 2.20 bits per heavy atom. The molecule has 0 spiro atoms. The van der Waals surface area contributed by atoms with Gasteiger partial charge in [-0.3, -0.25) is 0 Å². The van der Waals surface area contributed by atoms with Crippen molar-refractivity contribution >= 4 is 0 Å². The molecule has 2 N–H and O–H groups in total. The minimum atomic E-state index is -0.126. The third kappa shape index (κ3) is 4.96. The zero-order valence-corrected chi connectivity index (χ0v) is 10.2. The molecular weight excluding hydrogens is 184 g/mol. The SMILES string of the molecule is Cc1ccc(CN(C)CC(C)(C)N)cc1. The molecule has 0 amide bonds. The molecule has 1 aromatic carbocycles. The highest BCUT2D eigenvalue weighted by atomic mass is 15.1. The molecule has 0 fully saturated rings. The quantitative estimate of drug-likeness (QED) is 0.818. The van der Waals surface area contributed by atoms with Gasteiger partial charge in [-0.15, -0.1) is 0 Å². The van der Waals surface area contributed by atoms with Crippen molar-refractivity contribution in [2.75, 3.05) is 13.6 Å². The highest BCUT2D eigenvalue weighted by molar-refractivity contribution is 5.21. The van der Waals surface area contributed by atoms with Crippen LogP contribution in [0, 0.1) is 6.92 Å². The summed E-state index contributed by atoms with van der Waals surface area (Å²) in [4.78, 5) is 2.25. The van der Waals surface area contributed by atoms with E-state index >= 15 is 0 Å². The predicted molar refractivity (Wildman–Crippen MR) is 65.8 cm³/mol. The third-order valence-corrected chi connectivity index (χ3v) is 2.25. The topological polar surface area (TPSA) is 29.3 Å². The van der Waals surface area contributed by atoms with Gasteiger partial charge in [-0.25, -0.2) is 0 Å². The zero-order chi connectivity index (χ0) is 11.5. The van der Waals surface area contributed by atoms with Gasteiger partial charge in [-0.2, -0.15) is 0 Å². The van der Waals surface area contributed by atoms with Crippen LogP contribution in [-0.2, 0) is 6.54 Å². The standard InChI is InChI=1S/C13H22N2/c1-11-5-7-12(8-6-11)9-15(4)10-13(2,3)14/h5-8H,9-10,14H2,1-4H3. The lowest BCUT2D eigenvalue weighted by atomic mass is 10.1. The average Bonchev–Trinajstić information content (AvgIpc) is 2.05. The van der Waals surface area contributed by atoms with Crippen LogP contribution < -0.4 is 5.73 Å². The molecule has 0 unspecified atom stereocenters. The van der Waals surface area contributed by atoms with Crippen LogP contribution in [0.25, 0.3) is 0 Å². The fourth-order valence-corrected chi connectivity index (χ4v) is 1.76. The number of hydrogen-bond donors (Lipinski definition) is 1. The molecule has 84 valence electrons. The summed E-state index contributed by atoms with van der Waals surface area (Å²) in [6.07, 6.45) is 0. The van der Waals surface area contributed by atoms with Crippen LogP contribution in [-0.4, -0.2) is 24.0 Å². The zero-order valence-electron chi connectivity index (χ0n) is 10.2. The Morgan fingerprint density at radius 2 is 1.73 bits per heavy atom. The second-order valence-electron chi connectivity index (χ2n) is 5.15. The van der Waals surface area contributed by atoms with Gasteiger partial charge in [0.05, 0.1) is 0 Å². The molecule has 2 nitrogen and oxygen atoms in total. The molecule has 2 heteroatoms. The highest BCUT2D eigenvalue weighted by Gasteiger charge is 2.13. The Kier molecular flexibility index (Phi) is 3.89. The van der Waals surface area contributed by atoms with E-state index in [9.17, 15) is 0 Å². The van der Waals surface area contributed by atoms with Crippen LogP contribution in [0.1, 0.15) is 25.0 Å². The largest absolute Gasteiger partial charge is 0.324 e. The van der Waals surface area contributed by atoms with Crippen LogP contribution in [0.5, 0.6) is 0 Å². The van der Waals surface area contributed by atoms with Gasteiger partial charge >= 0.3 is 0 Å². The van der Waals surface area contributed by atoms with Crippen molar-refractivity contribution in [2.45, 2.75) is 32.9 Å². The summed E-state index contributed by atoms with van der Waals surface area (Å²) < 4.78 is 0. The lowest BCUT2D eigenvalue weighted by molar-refractivity contribution is 0.263. The van der Waals surface area contributed by atoms with Gasteiger partial charge in [-0.1, -0.05) is 29.8 Å². The molecule has 1 rings (SSSR count). The van der Waals surface area contributed by atoms with Crippen LogP contribution in [0.2, 0.25) is 0 Å². The van der Waals surface area contributed by atoms with E-state index < -0.39 is 0 Å². The van der Waals surface area contributed by atoms with Crippen molar-refractivity contribution in [2.24, 2.45) is 5.73 Å². The van der Waals surface area contributed by atoms with Gasteiger partial charge in [0.15, 0.2) is 0 Å². The smallest absolute Gasteiger partial charge is 0.0231 e. The Labute approximate surface area is 93.1 Å². The monoisotopic (exact) mass is 206 g/mol. The second-order valence-corrected chi connectivity index (χ2v) is 5.15. The van der Waals surface area contributed by atoms with E-state index in [4.69, 9.17) is 5.73 Å². The van der Waals surface area contributed by atoms with Gasteiger partial charge in [0, 0.05) is 18.6 Å². The molecule has 0 heterocycles. The summed E-state index contributed by atoms with van der Waals surface area (Å²) in [6.45, 7) is 8.08. The number of likely N-dealkylation sites (N-methyl/N-ethyl adjacent to an activating group) is 1. The maximum atomic E-state index is 5.97. The lowest BCUT2D eigenvalue weighted by Crippen LogP contribution is -2.43. The van der Waals surface area contributed by atoms with Crippen LogP contribution in [0.15, 0.2) is 24.3 Å². The van der Waals surface area contributed by atoms with E-state index in [1.165, 1.54) is 11.1 Å². The molecule has 0 saturated carbocycles. The van der Waals surface area contributed by atoms with Gasteiger partial charge in [0.2, 0.25) is 0 Å². The van der Waals surface area contributed by atoms with Crippen LogP contribution >= 0.6 is 0 Å². The molecule has 0 saturated heterocycles. The van der Waals surface area contributed by atoms with Crippen LogP contribution in [0.3, 0.4) is 0 Å². The van der Waals surface area contributed by atoms with Crippen molar-refractivity contribution in [1.82, 2.24) is 4.90 Å².